The number of hydrogen-bond donors (Lipinski definition) is 4. The van der Waals surface area contributed by atoms with Crippen molar-refractivity contribution in [2.24, 2.45) is 0 Å². The highest BCUT2D eigenvalue weighted by atomic mass is 35.5. The molecule has 1 heterocycles. The fraction of sp³-hybridized carbons (Fsp3) is 1.00. The van der Waals surface area contributed by atoms with E-state index in [9.17, 15) is 0 Å². The summed E-state index contributed by atoms with van der Waals surface area (Å²) in [5.74, 6) is 0. The molecule has 1 aliphatic rings. The summed E-state index contributed by atoms with van der Waals surface area (Å²) in [6.45, 7) is -0.253. The van der Waals surface area contributed by atoms with Crippen LogP contribution in [0.1, 0.15) is 0 Å². The first-order valence-corrected chi connectivity index (χ1v) is 3.41. The van der Waals surface area contributed by atoms with Gasteiger partial charge in [0, 0.05) is 0 Å². The zero-order chi connectivity index (χ0) is 8.65. The van der Waals surface area contributed by atoms with Crippen LogP contribution in [-0.4, -0.2) is 50.6 Å². The SMILES string of the molecule is OC1OC[C@@H](O)[C@H](O)[C@@]1(O)Cl. The lowest BCUT2D eigenvalue weighted by atomic mass is 10.1. The van der Waals surface area contributed by atoms with Crippen LogP contribution in [0.15, 0.2) is 0 Å². The highest BCUT2D eigenvalue weighted by molar-refractivity contribution is 6.23. The average molecular weight is 185 g/mol. The second-order valence-electron chi connectivity index (χ2n) is 2.43. The highest BCUT2D eigenvalue weighted by Crippen LogP contribution is 2.28. The number of aliphatic hydroxyl groups is 4. The standard InChI is InChI=1S/C5H9ClO5/c6-5(10)3(8)2(7)1-11-4(5)9/h2-4,7-10H,1H2/t2-,3+,4?,5+/m1/s1. The van der Waals surface area contributed by atoms with E-state index in [2.05, 4.69) is 4.74 Å². The van der Waals surface area contributed by atoms with Gasteiger partial charge in [-0.25, -0.2) is 0 Å². The van der Waals surface area contributed by atoms with Crippen molar-refractivity contribution in [2.75, 3.05) is 6.61 Å². The van der Waals surface area contributed by atoms with Gasteiger partial charge in [0.15, 0.2) is 0 Å². The molecule has 0 amide bonds. The fourth-order valence-corrected chi connectivity index (χ4v) is 1.02. The molecule has 1 rings (SSSR count). The Labute approximate surface area is 67.8 Å². The summed E-state index contributed by atoms with van der Waals surface area (Å²) in [7, 11) is 0. The number of rotatable bonds is 0. The Morgan fingerprint density at radius 3 is 2.36 bits per heavy atom. The molecule has 1 unspecified atom stereocenters. The monoisotopic (exact) mass is 184 g/mol. The minimum atomic E-state index is -2.32. The van der Waals surface area contributed by atoms with Crippen molar-refractivity contribution >= 4 is 11.6 Å². The van der Waals surface area contributed by atoms with Gasteiger partial charge in [-0.3, -0.25) is 0 Å². The maximum absolute atomic E-state index is 9.06. The summed E-state index contributed by atoms with van der Waals surface area (Å²) < 4.78 is 4.44. The summed E-state index contributed by atoms with van der Waals surface area (Å²) in [5, 5.41) is 33.5. The third-order valence-electron chi connectivity index (χ3n) is 1.55. The molecule has 4 atom stereocenters. The summed E-state index contributed by atoms with van der Waals surface area (Å²) >= 11 is 5.24. The Balaban J connectivity index is 2.72. The molecule has 0 aromatic heterocycles. The van der Waals surface area contributed by atoms with E-state index in [1.165, 1.54) is 0 Å². The van der Waals surface area contributed by atoms with E-state index in [0.717, 1.165) is 0 Å². The van der Waals surface area contributed by atoms with Crippen molar-refractivity contribution in [2.45, 2.75) is 23.6 Å². The third kappa shape index (κ3) is 1.48. The molecule has 0 aliphatic carbocycles. The van der Waals surface area contributed by atoms with Crippen LogP contribution < -0.4 is 0 Å². The molecule has 0 aromatic rings. The van der Waals surface area contributed by atoms with Crippen LogP contribution in [-0.2, 0) is 4.74 Å². The van der Waals surface area contributed by atoms with Crippen LogP contribution in [0.3, 0.4) is 0 Å². The zero-order valence-corrected chi connectivity index (χ0v) is 6.27. The molecule has 0 saturated carbocycles. The molecule has 1 aliphatic heterocycles. The minimum absolute atomic E-state index is 0.253. The zero-order valence-electron chi connectivity index (χ0n) is 5.51. The molecule has 66 valence electrons. The topological polar surface area (TPSA) is 90.2 Å². The molecular weight excluding hydrogens is 176 g/mol. The highest BCUT2D eigenvalue weighted by Gasteiger charge is 2.49. The van der Waals surface area contributed by atoms with E-state index in [1.54, 1.807) is 0 Å². The van der Waals surface area contributed by atoms with Crippen LogP contribution in [0.4, 0.5) is 0 Å². The molecule has 6 heteroatoms. The quantitative estimate of drug-likeness (QED) is 0.327. The lowest BCUT2D eigenvalue weighted by molar-refractivity contribution is -0.270. The fourth-order valence-electron chi connectivity index (χ4n) is 0.814. The van der Waals surface area contributed by atoms with E-state index in [-0.39, 0.29) is 6.61 Å². The van der Waals surface area contributed by atoms with E-state index < -0.39 is 23.6 Å². The Kier molecular flexibility index (Phi) is 2.38. The number of aliphatic hydroxyl groups excluding tert-OH is 3. The van der Waals surface area contributed by atoms with Gasteiger partial charge in [-0.2, -0.15) is 0 Å². The van der Waals surface area contributed by atoms with E-state index in [4.69, 9.17) is 32.0 Å². The number of alkyl halides is 1. The molecule has 0 bridgehead atoms. The van der Waals surface area contributed by atoms with Gasteiger partial charge in [0.05, 0.1) is 6.61 Å². The van der Waals surface area contributed by atoms with E-state index in [1.807, 2.05) is 0 Å². The predicted molar refractivity (Wildman–Crippen MR) is 34.8 cm³/mol. The molecule has 1 saturated heterocycles. The van der Waals surface area contributed by atoms with Crippen LogP contribution in [0.5, 0.6) is 0 Å². The van der Waals surface area contributed by atoms with Crippen LogP contribution in [0.2, 0.25) is 0 Å². The maximum Gasteiger partial charge on any atom is 0.218 e. The molecule has 0 spiro atoms. The number of halogens is 1. The van der Waals surface area contributed by atoms with Crippen molar-refractivity contribution < 1.29 is 25.2 Å². The lowest BCUT2D eigenvalue weighted by Crippen LogP contribution is -2.59. The van der Waals surface area contributed by atoms with Gasteiger partial charge in [0.2, 0.25) is 11.4 Å². The predicted octanol–water partition coefficient (Wildman–Crippen LogP) is -2.02. The largest absolute Gasteiger partial charge is 0.388 e. The smallest absolute Gasteiger partial charge is 0.218 e. The summed E-state index contributed by atoms with van der Waals surface area (Å²) in [6, 6.07) is 0. The minimum Gasteiger partial charge on any atom is -0.388 e. The summed E-state index contributed by atoms with van der Waals surface area (Å²) in [4.78, 5) is 0. The molecule has 0 radical (unpaired) electrons. The Bertz CT molecular complexity index is 150. The van der Waals surface area contributed by atoms with Gasteiger partial charge in [-0.05, 0) is 0 Å². The first-order chi connectivity index (χ1) is 4.96. The Morgan fingerprint density at radius 2 is 1.91 bits per heavy atom. The van der Waals surface area contributed by atoms with Crippen molar-refractivity contribution in [3.8, 4) is 0 Å². The third-order valence-corrected chi connectivity index (χ3v) is 1.96. The molecule has 1 fully saturated rings. The number of hydrogen-bond acceptors (Lipinski definition) is 5. The lowest BCUT2D eigenvalue weighted by Gasteiger charge is -2.38. The van der Waals surface area contributed by atoms with Gasteiger partial charge >= 0.3 is 0 Å². The normalized spacial score (nSPS) is 52.6. The second-order valence-corrected chi connectivity index (χ2v) is 3.03. The van der Waals surface area contributed by atoms with E-state index in [0.29, 0.717) is 0 Å². The van der Waals surface area contributed by atoms with Gasteiger partial charge in [0.1, 0.15) is 12.2 Å². The van der Waals surface area contributed by atoms with Crippen LogP contribution in [0.25, 0.3) is 0 Å². The van der Waals surface area contributed by atoms with Crippen molar-refractivity contribution in [3.63, 3.8) is 0 Å². The Morgan fingerprint density at radius 1 is 1.36 bits per heavy atom. The van der Waals surface area contributed by atoms with Crippen LogP contribution >= 0.6 is 11.6 Å². The maximum atomic E-state index is 9.06. The molecular formula is C5H9ClO5. The molecule has 4 N–H and O–H groups in total. The molecule has 5 nitrogen and oxygen atoms in total. The molecule has 11 heavy (non-hydrogen) atoms. The first-order valence-electron chi connectivity index (χ1n) is 3.03. The van der Waals surface area contributed by atoms with Gasteiger partial charge < -0.3 is 25.2 Å². The summed E-state index contributed by atoms with van der Waals surface area (Å²) in [6.07, 6.45) is -4.56. The van der Waals surface area contributed by atoms with Crippen molar-refractivity contribution in [1.29, 1.82) is 0 Å². The van der Waals surface area contributed by atoms with E-state index >= 15 is 0 Å². The molecule has 0 aromatic carbocycles. The van der Waals surface area contributed by atoms with Crippen molar-refractivity contribution in [3.05, 3.63) is 0 Å². The average Bonchev–Trinajstić information content (AvgIpc) is 1.95. The van der Waals surface area contributed by atoms with Gasteiger partial charge in [-0.1, -0.05) is 11.6 Å². The number of ether oxygens (including phenoxy) is 1. The van der Waals surface area contributed by atoms with Crippen LogP contribution in [0, 0.1) is 0 Å². The van der Waals surface area contributed by atoms with Gasteiger partial charge in [0.25, 0.3) is 0 Å². The second kappa shape index (κ2) is 2.85. The Hall–Kier alpha value is 0.0900. The van der Waals surface area contributed by atoms with Gasteiger partial charge in [-0.15, -0.1) is 0 Å². The van der Waals surface area contributed by atoms with Crippen molar-refractivity contribution in [1.82, 2.24) is 0 Å². The first kappa shape index (κ1) is 9.18. The summed E-state index contributed by atoms with van der Waals surface area (Å²) in [5.41, 5.74) is 0.